The zero-order chi connectivity index (χ0) is 18.9. The molecule has 0 aliphatic rings. The summed E-state index contributed by atoms with van der Waals surface area (Å²) in [6, 6.07) is 9.82. The summed E-state index contributed by atoms with van der Waals surface area (Å²) in [5.41, 5.74) is 3.09. The molecule has 0 saturated carbocycles. The van der Waals surface area contributed by atoms with Crippen LogP contribution >= 0.6 is 23.4 Å². The Labute approximate surface area is 163 Å². The van der Waals surface area contributed by atoms with Crippen LogP contribution in [0.2, 0.25) is 5.02 Å². The van der Waals surface area contributed by atoms with E-state index in [0.717, 1.165) is 32.6 Å². The molecule has 1 aromatic heterocycles. The topological polar surface area (TPSA) is 70.7 Å². The van der Waals surface area contributed by atoms with Gasteiger partial charge in [-0.15, -0.1) is 11.8 Å². The molecule has 0 atom stereocenters. The van der Waals surface area contributed by atoms with Crippen molar-refractivity contribution in [3.8, 4) is 6.07 Å². The Morgan fingerprint density at radius 2 is 2.08 bits per heavy atom. The minimum atomic E-state index is 0.0466. The third-order valence-corrected chi connectivity index (χ3v) is 5.34. The maximum atomic E-state index is 12.1. The van der Waals surface area contributed by atoms with E-state index in [1.807, 2.05) is 42.8 Å². The summed E-state index contributed by atoms with van der Waals surface area (Å²) in [5, 5.41) is 16.9. The largest absolute Gasteiger partial charge is 0.355 e. The van der Waals surface area contributed by atoms with Crippen molar-refractivity contribution in [3.63, 3.8) is 0 Å². The van der Waals surface area contributed by atoms with Crippen LogP contribution in [0.25, 0.3) is 0 Å². The molecule has 0 fully saturated rings. The third-order valence-electron chi connectivity index (χ3n) is 4.08. The second-order valence-electron chi connectivity index (χ2n) is 5.93. The van der Waals surface area contributed by atoms with E-state index in [4.69, 9.17) is 16.9 Å². The van der Waals surface area contributed by atoms with Gasteiger partial charge in [0.25, 0.3) is 0 Å². The van der Waals surface area contributed by atoms with Gasteiger partial charge in [0.1, 0.15) is 0 Å². The quantitative estimate of drug-likeness (QED) is 0.520. The van der Waals surface area contributed by atoms with E-state index < -0.39 is 0 Å². The molecule has 26 heavy (non-hydrogen) atoms. The predicted molar refractivity (Wildman–Crippen MR) is 105 cm³/mol. The lowest BCUT2D eigenvalue weighted by Gasteiger charge is -2.06. The Hall–Kier alpha value is -1.97. The number of rotatable bonds is 9. The standard InChI is InChI=1S/C19H23ClN4OS/c1-14-18(15(2)24(23-14)12-3-10-21)8-9-19(25)22-11-13-26-17-6-4-16(20)5-7-17/h4-7H,3,8-9,11-13H2,1-2H3,(H,22,25). The Morgan fingerprint density at radius 1 is 1.35 bits per heavy atom. The van der Waals surface area contributed by atoms with Gasteiger partial charge >= 0.3 is 0 Å². The van der Waals surface area contributed by atoms with Gasteiger partial charge in [-0.05, 0) is 50.1 Å². The number of carbonyl (C=O) groups is 1. The number of amides is 1. The maximum Gasteiger partial charge on any atom is 0.220 e. The van der Waals surface area contributed by atoms with E-state index in [9.17, 15) is 4.79 Å². The van der Waals surface area contributed by atoms with E-state index >= 15 is 0 Å². The van der Waals surface area contributed by atoms with E-state index in [0.29, 0.717) is 32.4 Å². The molecule has 0 aliphatic carbocycles. The van der Waals surface area contributed by atoms with Crippen molar-refractivity contribution in [1.29, 1.82) is 5.26 Å². The molecule has 0 bridgehead atoms. The van der Waals surface area contributed by atoms with E-state index in [1.54, 1.807) is 11.8 Å². The smallest absolute Gasteiger partial charge is 0.220 e. The molecule has 0 unspecified atom stereocenters. The minimum Gasteiger partial charge on any atom is -0.355 e. The molecule has 7 heteroatoms. The number of thioether (sulfide) groups is 1. The zero-order valence-corrected chi connectivity index (χ0v) is 16.7. The molecule has 0 spiro atoms. The molecular weight excluding hydrogens is 368 g/mol. The molecule has 1 aromatic carbocycles. The van der Waals surface area contributed by atoms with Crippen molar-refractivity contribution in [2.45, 2.75) is 44.6 Å². The number of carbonyl (C=O) groups excluding carboxylic acids is 1. The Morgan fingerprint density at radius 3 is 2.77 bits per heavy atom. The van der Waals surface area contributed by atoms with Crippen molar-refractivity contribution < 1.29 is 4.79 Å². The van der Waals surface area contributed by atoms with Crippen molar-refractivity contribution in [1.82, 2.24) is 15.1 Å². The first kappa shape index (κ1) is 20.3. The number of aromatic nitrogens is 2. The fourth-order valence-electron chi connectivity index (χ4n) is 2.69. The van der Waals surface area contributed by atoms with Crippen LogP contribution in [0.1, 0.15) is 29.8 Å². The highest BCUT2D eigenvalue weighted by atomic mass is 35.5. The highest BCUT2D eigenvalue weighted by Crippen LogP contribution is 2.19. The van der Waals surface area contributed by atoms with Gasteiger partial charge in [-0.25, -0.2) is 0 Å². The molecule has 0 aliphatic heterocycles. The Bertz CT molecular complexity index is 780. The molecular formula is C19H23ClN4OS. The SMILES string of the molecule is Cc1nn(CCC#N)c(C)c1CCC(=O)NCCSc1ccc(Cl)cc1. The molecule has 1 heterocycles. The average Bonchev–Trinajstić information content (AvgIpc) is 2.90. The van der Waals surface area contributed by atoms with E-state index in [2.05, 4.69) is 16.5 Å². The predicted octanol–water partition coefficient (Wildman–Crippen LogP) is 3.91. The summed E-state index contributed by atoms with van der Waals surface area (Å²) in [6.07, 6.45) is 1.55. The van der Waals surface area contributed by atoms with Crippen molar-refractivity contribution >= 4 is 29.3 Å². The average molecular weight is 391 g/mol. The van der Waals surface area contributed by atoms with Crippen LogP contribution in [0.4, 0.5) is 0 Å². The molecule has 5 nitrogen and oxygen atoms in total. The van der Waals surface area contributed by atoms with Gasteiger partial charge in [-0.3, -0.25) is 9.48 Å². The van der Waals surface area contributed by atoms with Gasteiger partial charge in [0, 0.05) is 34.3 Å². The molecule has 2 aromatic rings. The second kappa shape index (κ2) is 10.2. The summed E-state index contributed by atoms with van der Waals surface area (Å²) in [4.78, 5) is 13.2. The third kappa shape index (κ3) is 6.08. The maximum absolute atomic E-state index is 12.1. The molecule has 138 valence electrons. The molecule has 2 rings (SSSR count). The van der Waals surface area contributed by atoms with Crippen molar-refractivity contribution in [3.05, 3.63) is 46.2 Å². The second-order valence-corrected chi connectivity index (χ2v) is 7.54. The monoisotopic (exact) mass is 390 g/mol. The summed E-state index contributed by atoms with van der Waals surface area (Å²) in [5.74, 6) is 0.864. The number of aryl methyl sites for hydroxylation is 2. The van der Waals surface area contributed by atoms with Crippen LogP contribution in [0.5, 0.6) is 0 Å². The van der Waals surface area contributed by atoms with Gasteiger partial charge in [-0.1, -0.05) is 11.6 Å². The van der Waals surface area contributed by atoms with E-state index in [-0.39, 0.29) is 5.91 Å². The lowest BCUT2D eigenvalue weighted by molar-refractivity contribution is -0.120. The Kier molecular flexibility index (Phi) is 8.02. The number of hydrogen-bond acceptors (Lipinski definition) is 4. The fraction of sp³-hybridized carbons (Fsp3) is 0.421. The first-order valence-corrected chi connectivity index (χ1v) is 9.92. The van der Waals surface area contributed by atoms with Gasteiger partial charge in [0.05, 0.1) is 24.7 Å². The van der Waals surface area contributed by atoms with Crippen LogP contribution in [0, 0.1) is 25.2 Å². The number of benzene rings is 1. The molecule has 0 saturated heterocycles. The first-order valence-electron chi connectivity index (χ1n) is 8.56. The fourth-order valence-corrected chi connectivity index (χ4v) is 3.58. The van der Waals surface area contributed by atoms with Crippen LogP contribution in [-0.4, -0.2) is 28.0 Å². The summed E-state index contributed by atoms with van der Waals surface area (Å²) in [6.45, 7) is 5.17. The number of hydrogen-bond donors (Lipinski definition) is 1. The first-order chi connectivity index (χ1) is 12.5. The number of nitrogens with zero attached hydrogens (tertiary/aromatic N) is 3. The van der Waals surface area contributed by atoms with Crippen LogP contribution < -0.4 is 5.32 Å². The van der Waals surface area contributed by atoms with Gasteiger partial charge < -0.3 is 5.32 Å². The summed E-state index contributed by atoms with van der Waals surface area (Å²) in [7, 11) is 0. The summed E-state index contributed by atoms with van der Waals surface area (Å²) < 4.78 is 1.86. The van der Waals surface area contributed by atoms with Crippen LogP contribution in [-0.2, 0) is 17.8 Å². The lowest BCUT2D eigenvalue weighted by Crippen LogP contribution is -2.26. The number of halogens is 1. The minimum absolute atomic E-state index is 0.0466. The summed E-state index contributed by atoms with van der Waals surface area (Å²) >= 11 is 7.55. The van der Waals surface area contributed by atoms with Crippen molar-refractivity contribution in [2.24, 2.45) is 0 Å². The lowest BCUT2D eigenvalue weighted by atomic mass is 10.1. The highest BCUT2D eigenvalue weighted by Gasteiger charge is 2.12. The molecule has 0 radical (unpaired) electrons. The van der Waals surface area contributed by atoms with Crippen LogP contribution in [0.3, 0.4) is 0 Å². The Balaban J connectivity index is 1.72. The normalized spacial score (nSPS) is 10.5. The van der Waals surface area contributed by atoms with E-state index in [1.165, 1.54) is 0 Å². The highest BCUT2D eigenvalue weighted by molar-refractivity contribution is 7.99. The molecule has 1 amide bonds. The van der Waals surface area contributed by atoms with Gasteiger partial charge in [0.2, 0.25) is 5.91 Å². The van der Waals surface area contributed by atoms with Crippen molar-refractivity contribution in [2.75, 3.05) is 12.3 Å². The number of nitrogens with one attached hydrogen (secondary N) is 1. The van der Waals surface area contributed by atoms with Gasteiger partial charge in [-0.2, -0.15) is 10.4 Å². The molecule has 1 N–H and O–H groups in total. The van der Waals surface area contributed by atoms with Gasteiger partial charge in [0.15, 0.2) is 0 Å². The zero-order valence-electron chi connectivity index (χ0n) is 15.1. The van der Waals surface area contributed by atoms with Crippen LogP contribution in [0.15, 0.2) is 29.2 Å². The number of nitriles is 1.